The van der Waals surface area contributed by atoms with Crippen LogP contribution in [-0.2, 0) is 0 Å². The standard InChI is InChI=1S/C31H21Cl3N6/c1-18-27-28(19-11-13-20(32)14-12-19)39-26-10-6-5-9-25(26)36-29(35-23-16-21(33)15-22(34)17-23)31(39)37-30(27)40(38-18)24-7-3-2-4-8-24/h2-17,28H,1H3,(H,35,36)/t28-/m0/s1. The van der Waals surface area contributed by atoms with Gasteiger partial charge in [0, 0.05) is 26.3 Å². The molecule has 196 valence electrons. The zero-order valence-electron chi connectivity index (χ0n) is 21.2. The number of para-hydroxylation sites is 3. The number of aryl methyl sites for hydroxylation is 1. The molecule has 0 saturated carbocycles. The Hall–Kier alpha value is -4.10. The predicted octanol–water partition coefficient (Wildman–Crippen LogP) is 8.94. The molecular weight excluding hydrogens is 563 g/mol. The third-order valence-electron chi connectivity index (χ3n) is 6.95. The van der Waals surface area contributed by atoms with Gasteiger partial charge in [-0.05, 0) is 67.1 Å². The molecule has 1 atom stereocenters. The number of rotatable bonds is 3. The van der Waals surface area contributed by atoms with Gasteiger partial charge in [0.1, 0.15) is 0 Å². The fourth-order valence-corrected chi connectivity index (χ4v) is 5.92. The monoisotopic (exact) mass is 582 g/mol. The first kappa shape index (κ1) is 24.9. The molecule has 0 bridgehead atoms. The summed E-state index contributed by atoms with van der Waals surface area (Å²) >= 11 is 19.0. The van der Waals surface area contributed by atoms with Crippen LogP contribution in [0.15, 0.2) is 107 Å². The van der Waals surface area contributed by atoms with Crippen LogP contribution in [0.5, 0.6) is 0 Å². The van der Waals surface area contributed by atoms with Crippen LogP contribution in [0.1, 0.15) is 22.9 Å². The molecule has 2 aliphatic rings. The number of hydrogen-bond donors (Lipinski definition) is 1. The first-order valence-electron chi connectivity index (χ1n) is 12.7. The van der Waals surface area contributed by atoms with Crippen LogP contribution >= 0.6 is 34.8 Å². The molecule has 0 unspecified atom stereocenters. The molecule has 6 nitrogen and oxygen atoms in total. The van der Waals surface area contributed by atoms with Crippen molar-refractivity contribution in [2.45, 2.75) is 13.0 Å². The molecule has 0 amide bonds. The zero-order valence-corrected chi connectivity index (χ0v) is 23.5. The van der Waals surface area contributed by atoms with E-state index in [-0.39, 0.29) is 6.04 Å². The van der Waals surface area contributed by atoms with Gasteiger partial charge in [-0.15, -0.1) is 0 Å². The molecule has 0 spiro atoms. The van der Waals surface area contributed by atoms with Gasteiger partial charge in [-0.2, -0.15) is 5.10 Å². The van der Waals surface area contributed by atoms with E-state index in [1.54, 1.807) is 6.07 Å². The molecule has 0 radical (unpaired) electrons. The highest BCUT2D eigenvalue weighted by Gasteiger charge is 2.41. The molecule has 7 rings (SSSR count). The summed E-state index contributed by atoms with van der Waals surface area (Å²) in [6, 6.07) is 31.1. The Balaban J connectivity index is 1.50. The van der Waals surface area contributed by atoms with Gasteiger partial charge in [-0.1, -0.05) is 77.3 Å². The fraction of sp³-hybridized carbons (Fsp3) is 0.0645. The van der Waals surface area contributed by atoms with Gasteiger partial charge in [0.2, 0.25) is 0 Å². The van der Waals surface area contributed by atoms with Gasteiger partial charge in [-0.25, -0.2) is 14.7 Å². The van der Waals surface area contributed by atoms with E-state index < -0.39 is 0 Å². The average Bonchev–Trinajstić information content (AvgIpc) is 3.28. The van der Waals surface area contributed by atoms with Gasteiger partial charge >= 0.3 is 0 Å². The maximum absolute atomic E-state index is 6.33. The Morgan fingerprint density at radius 3 is 2.20 bits per heavy atom. The van der Waals surface area contributed by atoms with Crippen LogP contribution in [-0.4, -0.2) is 21.5 Å². The van der Waals surface area contributed by atoms with Crippen molar-refractivity contribution in [1.82, 2.24) is 9.78 Å². The van der Waals surface area contributed by atoms with Gasteiger partial charge in [0.25, 0.3) is 0 Å². The van der Waals surface area contributed by atoms with E-state index >= 15 is 0 Å². The van der Waals surface area contributed by atoms with Crippen molar-refractivity contribution < 1.29 is 0 Å². The van der Waals surface area contributed by atoms with Crippen molar-refractivity contribution in [2.24, 2.45) is 9.98 Å². The Bertz CT molecular complexity index is 1810. The fourth-order valence-electron chi connectivity index (χ4n) is 5.27. The maximum Gasteiger partial charge on any atom is 0.179 e. The van der Waals surface area contributed by atoms with Crippen LogP contribution in [0.4, 0.5) is 22.9 Å². The lowest BCUT2D eigenvalue weighted by atomic mass is 9.93. The highest BCUT2D eigenvalue weighted by Crippen LogP contribution is 2.48. The van der Waals surface area contributed by atoms with Crippen LogP contribution in [0.25, 0.3) is 5.69 Å². The summed E-state index contributed by atoms with van der Waals surface area (Å²) < 4.78 is 1.90. The lowest BCUT2D eigenvalue weighted by Gasteiger charge is -2.40. The average molecular weight is 584 g/mol. The molecule has 5 aromatic rings. The number of halogens is 3. The van der Waals surface area contributed by atoms with Crippen LogP contribution in [0.3, 0.4) is 0 Å². The number of hydrogen-bond acceptors (Lipinski definition) is 5. The summed E-state index contributed by atoms with van der Waals surface area (Å²) in [6.45, 7) is 2.03. The molecule has 3 heterocycles. The number of aliphatic imine (C=N–C) groups is 2. The molecular formula is C31H21Cl3N6. The largest absolute Gasteiger partial charge is 0.337 e. The number of anilines is 2. The second-order valence-corrected chi connectivity index (χ2v) is 10.9. The van der Waals surface area contributed by atoms with Crippen LogP contribution in [0, 0.1) is 6.92 Å². The Morgan fingerprint density at radius 1 is 0.750 bits per heavy atom. The van der Waals surface area contributed by atoms with Crippen molar-refractivity contribution in [3.8, 4) is 5.69 Å². The molecule has 0 saturated heterocycles. The topological polar surface area (TPSA) is 57.8 Å². The molecule has 40 heavy (non-hydrogen) atoms. The summed E-state index contributed by atoms with van der Waals surface area (Å²) in [7, 11) is 0. The van der Waals surface area contributed by atoms with Gasteiger partial charge in [0.05, 0.1) is 28.8 Å². The van der Waals surface area contributed by atoms with Gasteiger partial charge < -0.3 is 10.2 Å². The van der Waals surface area contributed by atoms with Crippen LogP contribution < -0.4 is 10.2 Å². The SMILES string of the molecule is Cc1nn(-c2ccccc2)c2c1[C@H](c1ccc(Cl)cc1)N1C(=N2)C(Nc2cc(Cl)cc(Cl)c2)=Nc2ccccc21. The number of benzene rings is 4. The first-order chi connectivity index (χ1) is 19.5. The molecule has 2 aliphatic heterocycles. The lowest BCUT2D eigenvalue weighted by molar-refractivity contribution is 0.815. The van der Waals surface area contributed by atoms with Gasteiger partial charge in [0.15, 0.2) is 17.5 Å². The second kappa shape index (κ2) is 9.82. The van der Waals surface area contributed by atoms with Crippen LogP contribution in [0.2, 0.25) is 15.1 Å². The third-order valence-corrected chi connectivity index (χ3v) is 7.64. The molecule has 9 heteroatoms. The minimum Gasteiger partial charge on any atom is -0.337 e. The molecule has 0 fully saturated rings. The summed E-state index contributed by atoms with van der Waals surface area (Å²) in [5.41, 5.74) is 6.33. The van der Waals surface area contributed by atoms with Crippen molar-refractivity contribution in [3.05, 3.63) is 129 Å². The van der Waals surface area contributed by atoms with E-state index in [0.29, 0.717) is 32.4 Å². The van der Waals surface area contributed by atoms with Gasteiger partial charge in [-0.3, -0.25) is 0 Å². The molecule has 4 aromatic carbocycles. The van der Waals surface area contributed by atoms with E-state index in [0.717, 1.165) is 39.7 Å². The number of amidine groups is 2. The van der Waals surface area contributed by atoms with E-state index in [9.17, 15) is 0 Å². The molecule has 0 aliphatic carbocycles. The first-order valence-corrected chi connectivity index (χ1v) is 13.8. The lowest BCUT2D eigenvalue weighted by Crippen LogP contribution is -2.46. The van der Waals surface area contributed by atoms with Crippen molar-refractivity contribution in [1.29, 1.82) is 0 Å². The quantitative estimate of drug-likeness (QED) is 0.231. The van der Waals surface area contributed by atoms with Crippen molar-refractivity contribution >= 4 is 69.4 Å². The summed E-state index contributed by atoms with van der Waals surface area (Å²) in [6.07, 6.45) is 0. The molecule has 1 aromatic heterocycles. The van der Waals surface area contributed by atoms with E-state index in [2.05, 4.69) is 28.4 Å². The third kappa shape index (κ3) is 4.25. The normalized spacial score (nSPS) is 15.5. The second-order valence-electron chi connectivity index (χ2n) is 9.56. The number of nitrogens with one attached hydrogen (secondary N) is 1. The highest BCUT2D eigenvalue weighted by atomic mass is 35.5. The van der Waals surface area contributed by atoms with Crippen molar-refractivity contribution in [3.63, 3.8) is 0 Å². The maximum atomic E-state index is 6.33. The van der Waals surface area contributed by atoms with E-state index in [1.807, 2.05) is 84.4 Å². The van der Waals surface area contributed by atoms with Crippen molar-refractivity contribution in [2.75, 3.05) is 10.2 Å². The Labute approximate surface area is 246 Å². The summed E-state index contributed by atoms with van der Waals surface area (Å²) in [5, 5.41) is 10.1. The van der Waals surface area contributed by atoms with E-state index in [1.165, 1.54) is 0 Å². The Kier molecular flexibility index (Phi) is 6.12. The summed E-state index contributed by atoms with van der Waals surface area (Å²) in [5.74, 6) is 1.97. The van der Waals surface area contributed by atoms with E-state index in [4.69, 9.17) is 49.9 Å². The number of aromatic nitrogens is 2. The number of nitrogens with zero attached hydrogens (tertiary/aromatic N) is 5. The summed E-state index contributed by atoms with van der Waals surface area (Å²) in [4.78, 5) is 12.5. The minimum atomic E-state index is -0.242. The Morgan fingerprint density at radius 2 is 1.45 bits per heavy atom. The highest BCUT2D eigenvalue weighted by molar-refractivity contribution is 6.52. The zero-order chi connectivity index (χ0) is 27.4. The molecule has 1 N–H and O–H groups in total. The predicted molar refractivity (Wildman–Crippen MR) is 165 cm³/mol. The smallest absolute Gasteiger partial charge is 0.179 e. The minimum absolute atomic E-state index is 0.242. The number of fused-ring (bicyclic) bond motifs is 4.